The number of methoxy groups -OCH3 is 1. The van der Waals surface area contributed by atoms with Crippen molar-refractivity contribution in [2.24, 2.45) is 11.7 Å². The Morgan fingerprint density at radius 3 is 2.54 bits per heavy atom. The Kier molecular flexibility index (Phi) is 8.66. The van der Waals surface area contributed by atoms with E-state index in [0.29, 0.717) is 24.4 Å². The van der Waals surface area contributed by atoms with Gasteiger partial charge in [-0.05, 0) is 49.1 Å². The van der Waals surface area contributed by atoms with Gasteiger partial charge >= 0.3 is 5.69 Å². The highest BCUT2D eigenvalue weighted by Crippen LogP contribution is 2.32. The zero-order valence-electron chi connectivity index (χ0n) is 22.4. The van der Waals surface area contributed by atoms with Gasteiger partial charge in [-0.15, -0.1) is 5.10 Å². The molecule has 0 fully saturated rings. The molecule has 0 spiro atoms. The summed E-state index contributed by atoms with van der Waals surface area (Å²) < 4.78 is 22.3. The molecule has 2 aromatic heterocycles. The highest BCUT2D eigenvalue weighted by Gasteiger charge is 2.34. The number of ether oxygens (including phenoxy) is 1. The molecule has 11 heteroatoms. The van der Waals surface area contributed by atoms with Crippen molar-refractivity contribution >= 4 is 23.2 Å². The van der Waals surface area contributed by atoms with Crippen molar-refractivity contribution in [3.8, 4) is 5.88 Å². The number of hydrogen-bond donors (Lipinski definition) is 1. The number of carbonyl (C=O) groups is 1. The maximum atomic E-state index is 14.5. The van der Waals surface area contributed by atoms with Crippen molar-refractivity contribution in [3.05, 3.63) is 92.4 Å². The first-order chi connectivity index (χ1) is 18.7. The highest BCUT2D eigenvalue weighted by molar-refractivity contribution is 6.34. The molecule has 0 aliphatic heterocycles. The Balaban J connectivity index is 1.96. The van der Waals surface area contributed by atoms with E-state index in [9.17, 15) is 14.0 Å². The van der Waals surface area contributed by atoms with Crippen LogP contribution >= 0.6 is 11.6 Å². The van der Waals surface area contributed by atoms with E-state index >= 15 is 0 Å². The second-order valence-corrected chi connectivity index (χ2v) is 10.1. The Bertz CT molecular complexity index is 1540. The largest absolute Gasteiger partial charge is 0.479 e. The molecule has 4 rings (SSSR count). The second kappa shape index (κ2) is 12.0. The fourth-order valence-electron chi connectivity index (χ4n) is 4.57. The zero-order valence-corrected chi connectivity index (χ0v) is 23.2. The van der Waals surface area contributed by atoms with Gasteiger partial charge in [-0.1, -0.05) is 61.8 Å². The maximum Gasteiger partial charge on any atom is 0.352 e. The molecule has 39 heavy (non-hydrogen) atoms. The summed E-state index contributed by atoms with van der Waals surface area (Å²) in [5.74, 6) is -0.661. The first-order valence-electron chi connectivity index (χ1n) is 12.7. The van der Waals surface area contributed by atoms with Crippen LogP contribution in [0.5, 0.6) is 5.88 Å². The maximum absolute atomic E-state index is 14.5. The van der Waals surface area contributed by atoms with Gasteiger partial charge in [0.1, 0.15) is 16.7 Å². The third kappa shape index (κ3) is 5.67. The number of carbonyl (C=O) groups excluding carboxylic acids is 1. The molecule has 0 bridgehead atoms. The quantitative estimate of drug-likeness (QED) is 0.314. The third-order valence-electron chi connectivity index (χ3n) is 6.58. The number of halogens is 2. The summed E-state index contributed by atoms with van der Waals surface area (Å²) in [5, 5.41) is 4.29. The van der Waals surface area contributed by atoms with Gasteiger partial charge in [0.15, 0.2) is 5.65 Å². The van der Waals surface area contributed by atoms with Crippen LogP contribution < -0.4 is 16.2 Å². The monoisotopic (exact) mass is 554 g/mol. The smallest absolute Gasteiger partial charge is 0.352 e. The number of fused-ring (bicyclic) bond motifs is 1. The molecule has 0 radical (unpaired) electrons. The molecule has 2 aromatic carbocycles. The molecular formula is C28H32ClFN6O3. The number of aryl methyl sites for hydroxylation is 1. The van der Waals surface area contributed by atoms with E-state index in [-0.39, 0.29) is 41.1 Å². The molecule has 0 saturated carbocycles. The lowest BCUT2D eigenvalue weighted by Gasteiger charge is -2.35. The van der Waals surface area contributed by atoms with Crippen LogP contribution in [0.15, 0.2) is 53.3 Å². The van der Waals surface area contributed by atoms with Gasteiger partial charge in [0.05, 0.1) is 19.7 Å². The lowest BCUT2D eigenvalue weighted by atomic mass is 9.99. The molecule has 2 heterocycles. The minimum atomic E-state index is -0.674. The van der Waals surface area contributed by atoms with Gasteiger partial charge in [0.25, 0.3) is 11.8 Å². The van der Waals surface area contributed by atoms with Crippen LogP contribution in [-0.4, -0.2) is 50.2 Å². The van der Waals surface area contributed by atoms with Gasteiger partial charge in [0, 0.05) is 12.1 Å². The van der Waals surface area contributed by atoms with Crippen molar-refractivity contribution in [3.63, 3.8) is 0 Å². The Morgan fingerprint density at radius 1 is 1.21 bits per heavy atom. The van der Waals surface area contributed by atoms with Crippen LogP contribution in [0.1, 0.15) is 53.6 Å². The molecular weight excluding hydrogens is 523 g/mol. The fourth-order valence-corrected chi connectivity index (χ4v) is 4.81. The average Bonchev–Trinajstić information content (AvgIpc) is 3.25. The Labute approximate surface area is 231 Å². The number of nitrogens with zero attached hydrogens (tertiary/aromatic N) is 5. The zero-order chi connectivity index (χ0) is 28.3. The minimum absolute atomic E-state index is 0.0666. The average molecular weight is 555 g/mol. The number of rotatable bonds is 10. The molecule has 1 amide bonds. The summed E-state index contributed by atoms with van der Waals surface area (Å²) in [4.78, 5) is 34.2. The minimum Gasteiger partial charge on any atom is -0.479 e. The molecule has 0 aliphatic rings. The van der Waals surface area contributed by atoms with Crippen molar-refractivity contribution < 1.29 is 13.9 Å². The predicted octanol–water partition coefficient (Wildman–Crippen LogP) is 4.24. The topological polar surface area (TPSA) is 108 Å². The van der Waals surface area contributed by atoms with Gasteiger partial charge in [0.2, 0.25) is 0 Å². The molecule has 2 N–H and O–H groups in total. The van der Waals surface area contributed by atoms with Crippen LogP contribution in [0.25, 0.3) is 5.65 Å². The standard InChI is InChI=1S/C28H32ClFN6O3/c1-17(2)23(34(14-8-13-31)27(37)20-12-11-18(3)21(30)15-20)25-32-24-22(29)26(39-4)33-36(24)28(38)35(25)16-19-9-6-5-7-10-19/h5-7,9-12,15,17,23H,8,13-14,16,31H2,1-4H3/t23-/m0/s1. The predicted molar refractivity (Wildman–Crippen MR) is 148 cm³/mol. The first kappa shape index (κ1) is 28.3. The number of hydrogen-bond acceptors (Lipinski definition) is 6. The Hall–Kier alpha value is -3.76. The number of amides is 1. The normalized spacial score (nSPS) is 12.2. The van der Waals surface area contributed by atoms with E-state index < -0.39 is 23.5 Å². The van der Waals surface area contributed by atoms with Gasteiger partial charge in [-0.2, -0.15) is 4.52 Å². The molecule has 0 unspecified atom stereocenters. The van der Waals surface area contributed by atoms with Crippen LogP contribution in [0.4, 0.5) is 4.39 Å². The summed E-state index contributed by atoms with van der Waals surface area (Å²) >= 11 is 6.49. The van der Waals surface area contributed by atoms with Crippen molar-refractivity contribution in [2.45, 2.75) is 39.8 Å². The molecule has 9 nitrogen and oxygen atoms in total. The van der Waals surface area contributed by atoms with Crippen molar-refractivity contribution in [1.82, 2.24) is 24.1 Å². The summed E-state index contributed by atoms with van der Waals surface area (Å²) in [6.07, 6.45) is 0.496. The van der Waals surface area contributed by atoms with E-state index in [2.05, 4.69) is 5.10 Å². The SMILES string of the molecule is COc1nn2c(=O)n(Cc3ccccc3)c([C@H](C(C)C)N(CCCN)C(=O)c3ccc(C)c(F)c3)nc2c1Cl. The lowest BCUT2D eigenvalue weighted by molar-refractivity contribution is 0.0601. The molecule has 4 aromatic rings. The molecule has 1 atom stereocenters. The first-order valence-corrected chi connectivity index (χ1v) is 13.1. The number of aromatic nitrogens is 4. The van der Waals surface area contributed by atoms with Crippen LogP contribution in [0.2, 0.25) is 5.02 Å². The van der Waals surface area contributed by atoms with Crippen LogP contribution in [0, 0.1) is 18.7 Å². The lowest BCUT2D eigenvalue weighted by Crippen LogP contribution is -2.43. The van der Waals surface area contributed by atoms with Gasteiger partial charge in [-0.25, -0.2) is 14.2 Å². The summed E-state index contributed by atoms with van der Waals surface area (Å²) in [7, 11) is 1.40. The molecule has 0 saturated heterocycles. The summed E-state index contributed by atoms with van der Waals surface area (Å²) in [5.41, 5.74) is 6.96. The van der Waals surface area contributed by atoms with Gasteiger partial charge < -0.3 is 15.4 Å². The molecule has 206 valence electrons. The Morgan fingerprint density at radius 2 is 1.92 bits per heavy atom. The molecule has 0 aliphatic carbocycles. The van der Waals surface area contributed by atoms with Crippen molar-refractivity contribution in [1.29, 1.82) is 0 Å². The number of nitrogens with two attached hydrogens (primary N) is 1. The van der Waals surface area contributed by atoms with E-state index in [4.69, 9.17) is 27.1 Å². The van der Waals surface area contributed by atoms with Gasteiger partial charge in [-0.3, -0.25) is 9.36 Å². The highest BCUT2D eigenvalue weighted by atomic mass is 35.5. The number of benzene rings is 2. The fraction of sp³-hybridized carbons (Fsp3) is 0.357. The summed E-state index contributed by atoms with van der Waals surface area (Å²) in [6.45, 7) is 6.30. The second-order valence-electron chi connectivity index (χ2n) is 9.68. The van der Waals surface area contributed by atoms with E-state index in [0.717, 1.165) is 10.1 Å². The van der Waals surface area contributed by atoms with E-state index in [1.54, 1.807) is 24.0 Å². The summed E-state index contributed by atoms with van der Waals surface area (Å²) in [6, 6.07) is 13.2. The third-order valence-corrected chi connectivity index (χ3v) is 6.91. The van der Waals surface area contributed by atoms with E-state index in [1.165, 1.54) is 17.7 Å². The van der Waals surface area contributed by atoms with Crippen LogP contribution in [0.3, 0.4) is 0 Å². The van der Waals surface area contributed by atoms with Crippen molar-refractivity contribution in [2.75, 3.05) is 20.2 Å². The van der Waals surface area contributed by atoms with Crippen LogP contribution in [-0.2, 0) is 6.54 Å². The van der Waals surface area contributed by atoms with E-state index in [1.807, 2.05) is 44.2 Å².